The van der Waals surface area contributed by atoms with Gasteiger partial charge in [0.05, 0.1) is 13.2 Å². The predicted molar refractivity (Wildman–Crippen MR) is 129 cm³/mol. The van der Waals surface area contributed by atoms with Gasteiger partial charge in [0.25, 0.3) is 0 Å². The van der Waals surface area contributed by atoms with Crippen molar-refractivity contribution in [2.24, 2.45) is 0 Å². The van der Waals surface area contributed by atoms with E-state index in [1.54, 1.807) is 29.0 Å². The van der Waals surface area contributed by atoms with Crippen molar-refractivity contribution in [1.82, 2.24) is 14.8 Å². The molecule has 0 radical (unpaired) electrons. The van der Waals surface area contributed by atoms with Crippen LogP contribution >= 0.6 is 0 Å². The van der Waals surface area contributed by atoms with Gasteiger partial charge in [-0.2, -0.15) is 0 Å². The first kappa shape index (κ1) is 21.4. The van der Waals surface area contributed by atoms with Gasteiger partial charge in [-0.3, -0.25) is 9.59 Å². The van der Waals surface area contributed by atoms with Crippen molar-refractivity contribution in [3.8, 4) is 5.75 Å². The zero-order valence-corrected chi connectivity index (χ0v) is 19.2. The van der Waals surface area contributed by atoms with Crippen molar-refractivity contribution >= 4 is 22.7 Å². The zero-order chi connectivity index (χ0) is 24.1. The zero-order valence-electron chi connectivity index (χ0n) is 19.2. The molecule has 0 bridgehead atoms. The molecule has 1 aromatic heterocycles. The average Bonchev–Trinajstić information content (AvgIpc) is 3.26. The number of benzene rings is 3. The largest absolute Gasteiger partial charge is 0.497 e. The third kappa shape index (κ3) is 3.55. The lowest BCUT2D eigenvalue weighted by molar-refractivity contribution is -0.159. The molecule has 4 aromatic rings. The van der Waals surface area contributed by atoms with Crippen LogP contribution in [0.25, 0.3) is 10.9 Å². The number of carbonyl (C=O) groups excluding carboxylic acids is 2. The van der Waals surface area contributed by atoms with Crippen LogP contribution in [-0.4, -0.2) is 46.3 Å². The van der Waals surface area contributed by atoms with Gasteiger partial charge in [0.15, 0.2) is 0 Å². The maximum Gasteiger partial charge on any atom is 0.246 e. The smallest absolute Gasteiger partial charge is 0.246 e. The molecule has 2 amide bonds. The SMILES string of the molecule is COc1ccc(C2c3[nH]c4ccccc4c3C[C@@H]3C(=O)N(Cc4ccc(F)cc4)CC(=O)N23)cc1. The fourth-order valence-electron chi connectivity index (χ4n) is 5.40. The van der Waals surface area contributed by atoms with Crippen molar-refractivity contribution in [3.63, 3.8) is 0 Å². The van der Waals surface area contributed by atoms with E-state index in [-0.39, 0.29) is 30.7 Å². The molecular formula is C28H24FN3O3. The summed E-state index contributed by atoms with van der Waals surface area (Å²) in [6, 6.07) is 20.7. The number of aromatic nitrogens is 1. The number of halogens is 1. The van der Waals surface area contributed by atoms with Gasteiger partial charge in [-0.1, -0.05) is 42.5 Å². The van der Waals surface area contributed by atoms with Crippen LogP contribution in [0.5, 0.6) is 5.75 Å². The Morgan fingerprint density at radius 2 is 1.74 bits per heavy atom. The molecular weight excluding hydrogens is 445 g/mol. The highest BCUT2D eigenvalue weighted by Gasteiger charge is 2.48. The second kappa shape index (κ2) is 8.27. The number of nitrogens with zero attached hydrogens (tertiary/aromatic N) is 2. The molecule has 0 spiro atoms. The quantitative estimate of drug-likeness (QED) is 0.487. The molecule has 0 saturated carbocycles. The number of methoxy groups -OCH3 is 1. The van der Waals surface area contributed by atoms with Crippen LogP contribution in [0.1, 0.15) is 28.4 Å². The number of rotatable bonds is 4. The number of amides is 2. The van der Waals surface area contributed by atoms with E-state index in [0.717, 1.165) is 39.0 Å². The number of H-pyrrole nitrogens is 1. The molecule has 2 aliphatic heterocycles. The van der Waals surface area contributed by atoms with Crippen LogP contribution in [0.15, 0.2) is 72.8 Å². The summed E-state index contributed by atoms with van der Waals surface area (Å²) in [5, 5.41) is 1.07. The number of piperazine rings is 1. The van der Waals surface area contributed by atoms with E-state index in [2.05, 4.69) is 11.1 Å². The van der Waals surface area contributed by atoms with E-state index in [0.29, 0.717) is 6.42 Å². The number of para-hydroxylation sites is 1. The summed E-state index contributed by atoms with van der Waals surface area (Å²) in [6.07, 6.45) is 0.441. The molecule has 6 nitrogen and oxygen atoms in total. The summed E-state index contributed by atoms with van der Waals surface area (Å²) in [7, 11) is 1.62. The lowest BCUT2D eigenvalue weighted by atomic mass is 9.86. The number of aromatic amines is 1. The Morgan fingerprint density at radius 1 is 1.00 bits per heavy atom. The Hall–Kier alpha value is -4.13. The monoisotopic (exact) mass is 469 g/mol. The van der Waals surface area contributed by atoms with Crippen LogP contribution in [0.3, 0.4) is 0 Å². The molecule has 6 rings (SSSR count). The maximum atomic E-state index is 13.7. The lowest BCUT2D eigenvalue weighted by Gasteiger charge is -2.47. The van der Waals surface area contributed by atoms with Gasteiger partial charge in [-0.05, 0) is 47.0 Å². The van der Waals surface area contributed by atoms with Gasteiger partial charge in [-0.25, -0.2) is 4.39 Å². The fourth-order valence-corrected chi connectivity index (χ4v) is 5.40. The van der Waals surface area contributed by atoms with Crippen molar-refractivity contribution in [2.75, 3.05) is 13.7 Å². The van der Waals surface area contributed by atoms with Crippen LogP contribution in [0.2, 0.25) is 0 Å². The Labute approximate surface area is 201 Å². The second-order valence-corrected chi connectivity index (χ2v) is 9.08. The van der Waals surface area contributed by atoms with Crippen molar-refractivity contribution in [3.05, 3.63) is 101 Å². The fraction of sp³-hybridized carbons (Fsp3) is 0.214. The first-order valence-electron chi connectivity index (χ1n) is 11.6. The van der Waals surface area contributed by atoms with E-state index in [1.807, 2.05) is 42.5 Å². The van der Waals surface area contributed by atoms with Gasteiger partial charge in [0, 0.05) is 29.6 Å². The van der Waals surface area contributed by atoms with Gasteiger partial charge >= 0.3 is 0 Å². The highest BCUT2D eigenvalue weighted by atomic mass is 19.1. The molecule has 3 aromatic carbocycles. The van der Waals surface area contributed by atoms with E-state index < -0.39 is 12.1 Å². The molecule has 0 aliphatic carbocycles. The van der Waals surface area contributed by atoms with Crippen molar-refractivity contribution < 1.29 is 18.7 Å². The third-order valence-electron chi connectivity index (χ3n) is 7.06. The molecule has 35 heavy (non-hydrogen) atoms. The number of hydrogen-bond donors (Lipinski definition) is 1. The molecule has 7 heteroatoms. The molecule has 2 atom stereocenters. The van der Waals surface area contributed by atoms with Crippen molar-refractivity contribution in [1.29, 1.82) is 0 Å². The molecule has 1 N–H and O–H groups in total. The molecule has 176 valence electrons. The summed E-state index contributed by atoms with van der Waals surface area (Å²) < 4.78 is 18.7. The number of ether oxygens (including phenoxy) is 1. The number of carbonyl (C=O) groups is 2. The van der Waals surface area contributed by atoms with Crippen LogP contribution < -0.4 is 4.74 Å². The minimum atomic E-state index is -0.615. The first-order chi connectivity index (χ1) is 17.0. The molecule has 1 saturated heterocycles. The number of fused-ring (bicyclic) bond motifs is 4. The number of hydrogen-bond acceptors (Lipinski definition) is 3. The van der Waals surface area contributed by atoms with Gasteiger partial charge < -0.3 is 19.5 Å². The number of nitrogens with one attached hydrogen (secondary N) is 1. The van der Waals surface area contributed by atoms with E-state index in [1.165, 1.54) is 12.1 Å². The van der Waals surface area contributed by atoms with Gasteiger partial charge in [-0.15, -0.1) is 0 Å². The molecule has 1 fully saturated rings. The summed E-state index contributed by atoms with van der Waals surface area (Å²) in [5.41, 5.74) is 4.69. The summed E-state index contributed by atoms with van der Waals surface area (Å²) in [4.78, 5) is 34.2. The van der Waals surface area contributed by atoms with Gasteiger partial charge in [0.1, 0.15) is 24.2 Å². The molecule has 2 aliphatic rings. The maximum absolute atomic E-state index is 13.7. The predicted octanol–water partition coefficient (Wildman–Crippen LogP) is 4.20. The van der Waals surface area contributed by atoms with Crippen LogP contribution in [0.4, 0.5) is 4.39 Å². The first-order valence-corrected chi connectivity index (χ1v) is 11.6. The van der Waals surface area contributed by atoms with Crippen molar-refractivity contribution in [2.45, 2.75) is 25.0 Å². The average molecular weight is 470 g/mol. The Morgan fingerprint density at radius 3 is 2.49 bits per heavy atom. The topological polar surface area (TPSA) is 65.6 Å². The Bertz CT molecular complexity index is 1430. The third-order valence-corrected chi connectivity index (χ3v) is 7.06. The van der Waals surface area contributed by atoms with E-state index in [9.17, 15) is 14.0 Å². The molecule has 3 heterocycles. The van der Waals surface area contributed by atoms with Crippen LogP contribution in [-0.2, 0) is 22.6 Å². The van der Waals surface area contributed by atoms with E-state index in [4.69, 9.17) is 4.74 Å². The minimum Gasteiger partial charge on any atom is -0.497 e. The van der Waals surface area contributed by atoms with Gasteiger partial charge in [0.2, 0.25) is 11.8 Å². The highest BCUT2D eigenvalue weighted by Crippen LogP contribution is 2.42. The molecule has 1 unspecified atom stereocenters. The Kier molecular flexibility index (Phi) is 5.06. The Balaban J connectivity index is 1.43. The summed E-state index contributed by atoms with van der Waals surface area (Å²) in [5.74, 6) is 0.192. The summed E-state index contributed by atoms with van der Waals surface area (Å²) in [6.45, 7) is 0.248. The summed E-state index contributed by atoms with van der Waals surface area (Å²) >= 11 is 0. The lowest BCUT2D eigenvalue weighted by Crippen LogP contribution is -2.62. The minimum absolute atomic E-state index is 0.0189. The van der Waals surface area contributed by atoms with E-state index >= 15 is 0 Å². The normalized spacial score (nSPS) is 19.6. The van der Waals surface area contributed by atoms with Crippen LogP contribution in [0, 0.1) is 5.82 Å². The highest BCUT2D eigenvalue weighted by molar-refractivity contribution is 5.97. The standard InChI is InChI=1S/C28H24FN3O3/c1-35-20-12-8-18(9-13-20)27-26-22(21-4-2-3-5-23(21)30-26)14-24-28(34)31(16-25(33)32(24)27)15-17-6-10-19(29)11-7-17/h2-13,24,27,30H,14-16H2,1H3/t24-,27?/m1/s1. The second-order valence-electron chi connectivity index (χ2n) is 9.08.